The molecule has 0 aromatic heterocycles. The molecule has 2 radical (unpaired) electrons. The van der Waals surface area contributed by atoms with Crippen molar-refractivity contribution in [2.24, 2.45) is 0 Å². The summed E-state index contributed by atoms with van der Waals surface area (Å²) in [5.74, 6) is 0. The van der Waals surface area contributed by atoms with Crippen molar-refractivity contribution in [2.75, 3.05) is 0 Å². The van der Waals surface area contributed by atoms with Crippen LogP contribution in [0.4, 0.5) is 0 Å². The van der Waals surface area contributed by atoms with Crippen molar-refractivity contribution in [2.45, 2.75) is 0 Å². The maximum atomic E-state index is 7.09. The molecule has 0 saturated heterocycles. The number of rotatable bonds is 1. The van der Waals surface area contributed by atoms with E-state index in [1.807, 2.05) is 30.3 Å². The van der Waals surface area contributed by atoms with Crippen molar-refractivity contribution in [1.29, 1.82) is 1.34 Å². The molecule has 0 heterocycles. The van der Waals surface area contributed by atoms with Crippen LogP contribution in [-0.4, -0.2) is 9.15 Å². The van der Waals surface area contributed by atoms with E-state index in [1.54, 1.807) is 0 Å². The first-order valence-electron chi connectivity index (χ1n) is 4.18. The van der Waals surface area contributed by atoms with Crippen molar-refractivity contribution >= 4 is 24.0 Å². The Hall–Kier alpha value is -1.24. The summed E-state index contributed by atoms with van der Waals surface area (Å²) in [6, 6.07) is 14.2. The third-order valence-corrected chi connectivity index (χ3v) is 1.77. The Bertz CT molecular complexity index is 398. The zero-order chi connectivity index (χ0) is 8.39. The normalized spacial score (nSPS) is 11.5. The monoisotopic (exact) mass is 140 g/mol. The molecule has 0 unspecified atom stereocenters. The summed E-state index contributed by atoms with van der Waals surface area (Å²) in [7, 11) is 1.37. The molecule has 2 aromatic rings. The van der Waals surface area contributed by atoms with Gasteiger partial charge in [0.1, 0.15) is 0 Å². The zero-order valence-electron chi connectivity index (χ0n) is 7.12. The minimum atomic E-state index is 0.953. The van der Waals surface area contributed by atoms with Crippen molar-refractivity contribution in [3.63, 3.8) is 0 Å². The molecule has 0 aliphatic rings. The largest absolute Gasteiger partial charge is 0.319 e. The van der Waals surface area contributed by atoms with Crippen LogP contribution in [0.1, 0.15) is 0 Å². The van der Waals surface area contributed by atoms with Crippen LogP contribution >= 0.6 is 0 Å². The van der Waals surface area contributed by atoms with E-state index in [0.29, 0.717) is 0 Å². The van der Waals surface area contributed by atoms with Crippen LogP contribution in [0.15, 0.2) is 42.5 Å². The molecule has 0 spiro atoms. The average Bonchev–Trinajstić information content (AvgIpc) is 2.17. The van der Waals surface area contributed by atoms with Crippen molar-refractivity contribution in [3.8, 4) is 0 Å². The minimum Gasteiger partial charge on any atom is -0.319 e. The van der Waals surface area contributed by atoms with Gasteiger partial charge in [-0.1, -0.05) is 36.4 Å². The van der Waals surface area contributed by atoms with Gasteiger partial charge in [0.2, 0.25) is 0 Å². The highest BCUT2D eigenvalue weighted by molar-refractivity contribution is 6.33. The van der Waals surface area contributed by atoms with Gasteiger partial charge < -0.3 is 7.81 Å². The van der Waals surface area contributed by atoms with E-state index in [2.05, 4.69) is 12.1 Å². The first-order valence-corrected chi connectivity index (χ1v) is 3.60. The van der Waals surface area contributed by atoms with Gasteiger partial charge in [-0.15, -0.1) is 6.07 Å². The fourth-order valence-corrected chi connectivity index (χ4v) is 1.21. The number of hydrogen-bond acceptors (Lipinski definition) is 0. The molecule has 52 valence electrons. The van der Waals surface area contributed by atoms with E-state index < -0.39 is 0 Å². The molecule has 0 fully saturated rings. The highest BCUT2D eigenvalue weighted by Crippen LogP contribution is 2.09. The molecule has 2 aromatic carbocycles. The first kappa shape index (κ1) is 5.42. The molecule has 11 heavy (non-hydrogen) atoms. The van der Waals surface area contributed by atoms with Crippen LogP contribution in [0.5, 0.6) is 0 Å². The van der Waals surface area contributed by atoms with E-state index in [4.69, 9.17) is 1.34 Å². The summed E-state index contributed by atoms with van der Waals surface area (Å²) in [6.07, 6.45) is 0. The molecule has 0 N–H and O–H groups in total. The molecule has 0 atom stereocenters. The third kappa shape index (κ3) is 1.14. The van der Waals surface area contributed by atoms with Gasteiger partial charge in [0.05, 0.1) is 0 Å². The topological polar surface area (TPSA) is 0 Å². The lowest BCUT2D eigenvalue weighted by Gasteiger charge is -2.03. The second-order valence-corrected chi connectivity index (χ2v) is 2.61. The third-order valence-electron chi connectivity index (χ3n) is 1.77. The highest BCUT2D eigenvalue weighted by Gasteiger charge is 1.85. The van der Waals surface area contributed by atoms with Gasteiger partial charge in [-0.3, -0.25) is 6.80 Å². The van der Waals surface area contributed by atoms with Crippen LogP contribution in [0.2, 0.25) is 0 Å². The summed E-state index contributed by atoms with van der Waals surface area (Å²) in [5.41, 5.74) is 0.953. The first-order chi connectivity index (χ1) is 5.90. The summed E-state index contributed by atoms with van der Waals surface area (Å²) < 4.78 is 7.09. The molecular formula is C10H8B-. The predicted octanol–water partition coefficient (Wildman–Crippen LogP) is 1.37. The predicted molar refractivity (Wildman–Crippen MR) is 50.7 cm³/mol. The Morgan fingerprint density at radius 1 is 1.00 bits per heavy atom. The minimum absolute atomic E-state index is 0.953. The van der Waals surface area contributed by atoms with E-state index in [-0.39, 0.29) is 0 Å². The molecule has 2 rings (SSSR count). The van der Waals surface area contributed by atoms with Gasteiger partial charge in [-0.2, -0.15) is 0 Å². The molecular weight excluding hydrogens is 131 g/mol. The average molecular weight is 140 g/mol. The lowest BCUT2D eigenvalue weighted by Crippen LogP contribution is -1.99. The van der Waals surface area contributed by atoms with Crippen molar-refractivity contribution in [3.05, 3.63) is 42.5 Å². The van der Waals surface area contributed by atoms with Crippen LogP contribution in [0.3, 0.4) is 0 Å². The lowest BCUT2D eigenvalue weighted by molar-refractivity contribution is 1.78. The summed E-state index contributed by atoms with van der Waals surface area (Å²) >= 11 is 0. The van der Waals surface area contributed by atoms with Crippen LogP contribution in [-0.2, 0) is 0 Å². The molecule has 0 nitrogen and oxygen atoms in total. The number of hydrogen-bond donors (Lipinski definition) is 0. The Labute approximate surface area is 68.6 Å². The maximum absolute atomic E-state index is 7.09. The van der Waals surface area contributed by atoms with Crippen LogP contribution < -0.4 is 5.46 Å². The highest BCUT2D eigenvalue weighted by atomic mass is 13.9. The van der Waals surface area contributed by atoms with Gasteiger partial charge in [0, 0.05) is 0 Å². The van der Waals surface area contributed by atoms with Gasteiger partial charge >= 0.3 is 0 Å². The molecule has 1 heteroatoms. The van der Waals surface area contributed by atoms with E-state index >= 15 is 0 Å². The Kier molecular flexibility index (Phi) is 1.19. The number of benzene rings is 2. The fraction of sp³-hybridized carbons (Fsp3) is 0. The lowest BCUT2D eigenvalue weighted by atomic mass is 9.94. The Balaban J connectivity index is 2.67. The van der Waals surface area contributed by atoms with E-state index in [0.717, 1.165) is 5.46 Å². The molecule has 0 saturated carbocycles. The van der Waals surface area contributed by atoms with Crippen LogP contribution in [0.25, 0.3) is 10.8 Å². The second-order valence-electron chi connectivity index (χ2n) is 2.61. The van der Waals surface area contributed by atoms with E-state index in [1.165, 1.54) is 18.6 Å². The van der Waals surface area contributed by atoms with Crippen molar-refractivity contribution in [1.82, 2.24) is 0 Å². The molecule has 0 aliphatic carbocycles. The van der Waals surface area contributed by atoms with Crippen molar-refractivity contribution < 1.29 is 0 Å². The summed E-state index contributed by atoms with van der Waals surface area (Å²) in [6.45, 7) is 0. The molecule has 0 aliphatic heterocycles. The Morgan fingerprint density at radius 2 is 1.82 bits per heavy atom. The summed E-state index contributed by atoms with van der Waals surface area (Å²) in [5, 5.41) is 2.42. The van der Waals surface area contributed by atoms with Gasteiger partial charge in [0.15, 0.2) is 0 Å². The maximum Gasteiger partial charge on any atom is -0.0186 e. The molecule has 0 amide bonds. The Morgan fingerprint density at radius 3 is 2.64 bits per heavy atom. The van der Waals surface area contributed by atoms with Gasteiger partial charge in [-0.25, -0.2) is 0 Å². The van der Waals surface area contributed by atoms with Gasteiger partial charge in [-0.05, 0) is 10.8 Å². The smallest absolute Gasteiger partial charge is 0.0186 e. The zero-order valence-corrected chi connectivity index (χ0v) is 6.12. The van der Waals surface area contributed by atoms with E-state index in [9.17, 15) is 0 Å². The second kappa shape index (κ2) is 2.42. The quantitative estimate of drug-likeness (QED) is 0.524. The van der Waals surface area contributed by atoms with Crippen LogP contribution in [0, 0.1) is 0 Å². The standard InChI is InChI=1S/C10H8B/c11-10-6-5-8-3-1-2-4-9(8)7-10/h1-7,11H/q-1/i11D. The summed E-state index contributed by atoms with van der Waals surface area (Å²) in [4.78, 5) is 0. The van der Waals surface area contributed by atoms with Gasteiger partial charge in [0.25, 0.3) is 0 Å². The molecule has 0 bridgehead atoms. The SMILES string of the molecule is [2H][B-]c1ccc2ccccc2c1. The fourth-order valence-electron chi connectivity index (χ4n) is 1.21. The number of fused-ring (bicyclic) bond motifs is 1.